The highest BCUT2D eigenvalue weighted by Crippen LogP contribution is 2.38. The predicted molar refractivity (Wildman–Crippen MR) is 105 cm³/mol. The van der Waals surface area contributed by atoms with E-state index in [1.807, 2.05) is 0 Å². The fourth-order valence-corrected chi connectivity index (χ4v) is 3.38. The number of aryl methyl sites for hydroxylation is 4. The molecule has 0 saturated heterocycles. The van der Waals surface area contributed by atoms with Crippen LogP contribution in [-0.2, 0) is 17.9 Å². The molecule has 0 atom stereocenters. The van der Waals surface area contributed by atoms with Crippen molar-refractivity contribution >= 4 is 0 Å². The lowest BCUT2D eigenvalue weighted by Crippen LogP contribution is -2.32. The third-order valence-electron chi connectivity index (χ3n) is 5.00. The van der Waals surface area contributed by atoms with Gasteiger partial charge in [0.2, 0.25) is 5.69 Å². The number of aromatic nitrogens is 1. The summed E-state index contributed by atoms with van der Waals surface area (Å²) in [7, 11) is 2.15. The van der Waals surface area contributed by atoms with Gasteiger partial charge in [-0.15, -0.1) is 0 Å². The van der Waals surface area contributed by atoms with Crippen LogP contribution in [0, 0.1) is 20.8 Å². The molecule has 0 saturated carbocycles. The first-order valence-corrected chi connectivity index (χ1v) is 8.95. The number of rotatable bonds is 1. The second kappa shape index (κ2) is 6.02. The van der Waals surface area contributed by atoms with Gasteiger partial charge in [0.1, 0.15) is 7.05 Å². The first kappa shape index (κ1) is 18.7. The summed E-state index contributed by atoms with van der Waals surface area (Å²) in [5.41, 5.74) is 9.87. The molecule has 24 heavy (non-hydrogen) atoms. The lowest BCUT2D eigenvalue weighted by molar-refractivity contribution is -0.660. The summed E-state index contributed by atoms with van der Waals surface area (Å²) in [6.45, 7) is 20.5. The van der Waals surface area contributed by atoms with Gasteiger partial charge < -0.3 is 0 Å². The molecule has 0 radical (unpaired) electrons. The maximum absolute atomic E-state index is 2.43. The largest absolute Gasteiger partial charge is 0.212 e. The minimum Gasteiger partial charge on any atom is -0.201 e. The van der Waals surface area contributed by atoms with Crippen molar-refractivity contribution in [1.29, 1.82) is 0 Å². The van der Waals surface area contributed by atoms with Gasteiger partial charge in [-0.25, -0.2) is 4.57 Å². The van der Waals surface area contributed by atoms with E-state index in [-0.39, 0.29) is 10.8 Å². The Morgan fingerprint density at radius 2 is 1.17 bits per heavy atom. The average Bonchev–Trinajstić information content (AvgIpc) is 2.40. The molecule has 0 aliphatic rings. The normalized spacial score (nSPS) is 12.6. The summed E-state index contributed by atoms with van der Waals surface area (Å²) < 4.78 is 2.26. The highest BCUT2D eigenvalue weighted by molar-refractivity contribution is 5.65. The molecule has 1 aromatic heterocycles. The fourth-order valence-electron chi connectivity index (χ4n) is 3.38. The highest BCUT2D eigenvalue weighted by atomic mass is 14.9. The van der Waals surface area contributed by atoms with Crippen molar-refractivity contribution < 1.29 is 4.57 Å². The van der Waals surface area contributed by atoms with Crippen LogP contribution in [0.25, 0.3) is 11.3 Å². The molecule has 1 heterocycles. The van der Waals surface area contributed by atoms with E-state index in [9.17, 15) is 0 Å². The third-order valence-corrected chi connectivity index (χ3v) is 5.00. The van der Waals surface area contributed by atoms with E-state index in [2.05, 4.69) is 98.3 Å². The zero-order valence-corrected chi connectivity index (χ0v) is 17.3. The lowest BCUT2D eigenvalue weighted by Gasteiger charge is -2.31. The van der Waals surface area contributed by atoms with Crippen molar-refractivity contribution in [1.82, 2.24) is 0 Å². The Hall–Kier alpha value is -1.63. The van der Waals surface area contributed by atoms with E-state index in [0.717, 1.165) is 0 Å². The monoisotopic (exact) mass is 324 g/mol. The Labute approximate surface area is 148 Å². The standard InChI is InChI=1S/C23H34N/c1-15-12-21(24(10)14-17(15)3)18-13-20(23(7,8)9)19(11-16(18)2)22(4,5)6/h11-14H,1-10H3/q+1. The molecule has 0 unspecified atom stereocenters. The van der Waals surface area contributed by atoms with Crippen LogP contribution in [0.2, 0.25) is 0 Å². The molecule has 1 heteroatoms. The second-order valence-electron chi connectivity index (χ2n) is 9.35. The fraction of sp³-hybridized carbons (Fsp3) is 0.522. The van der Waals surface area contributed by atoms with Gasteiger partial charge in [-0.3, -0.25) is 0 Å². The molecule has 1 nitrogen and oxygen atoms in total. The number of hydrogen-bond donors (Lipinski definition) is 0. The Bertz CT molecular complexity index is 768. The molecule has 2 rings (SSSR count). The molecule has 0 spiro atoms. The first-order chi connectivity index (χ1) is 10.8. The summed E-state index contributed by atoms with van der Waals surface area (Å²) in [5, 5.41) is 0. The van der Waals surface area contributed by atoms with Gasteiger partial charge in [0.25, 0.3) is 0 Å². The Balaban J connectivity index is 2.81. The molecule has 0 bridgehead atoms. The summed E-state index contributed by atoms with van der Waals surface area (Å²) in [6, 6.07) is 7.16. The Kier molecular flexibility index (Phi) is 4.69. The van der Waals surface area contributed by atoms with Gasteiger partial charge in [0, 0.05) is 17.2 Å². The van der Waals surface area contributed by atoms with Crippen LogP contribution in [0.5, 0.6) is 0 Å². The van der Waals surface area contributed by atoms with E-state index in [4.69, 9.17) is 0 Å². The van der Waals surface area contributed by atoms with E-state index >= 15 is 0 Å². The predicted octanol–water partition coefficient (Wildman–Crippen LogP) is 5.70. The van der Waals surface area contributed by atoms with Crippen LogP contribution in [0.4, 0.5) is 0 Å². The van der Waals surface area contributed by atoms with Crippen molar-refractivity contribution in [3.63, 3.8) is 0 Å². The summed E-state index contributed by atoms with van der Waals surface area (Å²) >= 11 is 0. The molecule has 0 amide bonds. The zero-order valence-electron chi connectivity index (χ0n) is 17.3. The lowest BCUT2D eigenvalue weighted by atomic mass is 9.73. The molecule has 0 N–H and O–H groups in total. The SMILES string of the molecule is Cc1cc(-c2cc(C(C)(C)C)c(C(C)(C)C)cc2C)[n+](C)cc1C. The summed E-state index contributed by atoms with van der Waals surface area (Å²) in [5.74, 6) is 0. The van der Waals surface area contributed by atoms with Crippen LogP contribution >= 0.6 is 0 Å². The minimum absolute atomic E-state index is 0.128. The third kappa shape index (κ3) is 3.55. The maximum atomic E-state index is 2.43. The van der Waals surface area contributed by atoms with E-state index in [1.165, 1.54) is 39.1 Å². The van der Waals surface area contributed by atoms with Crippen LogP contribution in [0.15, 0.2) is 24.4 Å². The molecular weight excluding hydrogens is 290 g/mol. The molecule has 0 aliphatic carbocycles. The topological polar surface area (TPSA) is 3.88 Å². The maximum Gasteiger partial charge on any atom is 0.212 e. The zero-order chi connectivity index (χ0) is 18.4. The van der Waals surface area contributed by atoms with Gasteiger partial charge in [-0.1, -0.05) is 47.6 Å². The molecule has 0 fully saturated rings. The van der Waals surface area contributed by atoms with Crippen molar-refractivity contribution in [2.45, 2.75) is 73.1 Å². The quantitative estimate of drug-likeness (QED) is 0.593. The smallest absolute Gasteiger partial charge is 0.201 e. The molecule has 1 aromatic carbocycles. The van der Waals surface area contributed by atoms with E-state index in [1.54, 1.807) is 0 Å². The van der Waals surface area contributed by atoms with Crippen molar-refractivity contribution in [3.8, 4) is 11.3 Å². The van der Waals surface area contributed by atoms with Gasteiger partial charge >= 0.3 is 0 Å². The second-order valence-corrected chi connectivity index (χ2v) is 9.35. The minimum atomic E-state index is 0.128. The number of pyridine rings is 1. The summed E-state index contributed by atoms with van der Waals surface area (Å²) in [6.07, 6.45) is 2.23. The van der Waals surface area contributed by atoms with E-state index in [0.29, 0.717) is 0 Å². The molecule has 2 aromatic rings. The van der Waals surface area contributed by atoms with Crippen LogP contribution < -0.4 is 4.57 Å². The molecule has 130 valence electrons. The van der Waals surface area contributed by atoms with Crippen LogP contribution in [-0.4, -0.2) is 0 Å². The number of nitrogens with zero attached hydrogens (tertiary/aromatic N) is 1. The van der Waals surface area contributed by atoms with Gasteiger partial charge in [0.05, 0.1) is 0 Å². The van der Waals surface area contributed by atoms with Crippen LogP contribution in [0.3, 0.4) is 0 Å². The summed E-state index contributed by atoms with van der Waals surface area (Å²) in [4.78, 5) is 0. The van der Waals surface area contributed by atoms with E-state index < -0.39 is 0 Å². The van der Waals surface area contributed by atoms with Crippen molar-refractivity contribution in [2.75, 3.05) is 0 Å². The van der Waals surface area contributed by atoms with Gasteiger partial charge in [-0.05, 0) is 59.9 Å². The Morgan fingerprint density at radius 1 is 0.667 bits per heavy atom. The van der Waals surface area contributed by atoms with Crippen molar-refractivity contribution in [2.24, 2.45) is 7.05 Å². The molecule has 0 aliphatic heterocycles. The van der Waals surface area contributed by atoms with Gasteiger partial charge in [-0.2, -0.15) is 0 Å². The average molecular weight is 325 g/mol. The van der Waals surface area contributed by atoms with Crippen LogP contribution in [0.1, 0.15) is 69.4 Å². The Morgan fingerprint density at radius 3 is 1.67 bits per heavy atom. The first-order valence-electron chi connectivity index (χ1n) is 8.95. The van der Waals surface area contributed by atoms with Crippen molar-refractivity contribution in [3.05, 3.63) is 52.2 Å². The highest BCUT2D eigenvalue weighted by Gasteiger charge is 2.27. The number of hydrogen-bond acceptors (Lipinski definition) is 0. The number of benzene rings is 1. The molecular formula is C23H34N+. The van der Waals surface area contributed by atoms with Gasteiger partial charge in [0.15, 0.2) is 6.20 Å².